The zero-order valence-corrected chi connectivity index (χ0v) is 15.1. The molecule has 0 fully saturated rings. The number of carboxylic acid groups (broad SMARTS) is 1. The number of ether oxygens (including phenoxy) is 1. The smallest absolute Gasteiger partial charge is 0.335 e. The van der Waals surface area contributed by atoms with E-state index in [0.717, 1.165) is 23.4 Å². The highest BCUT2D eigenvalue weighted by Crippen LogP contribution is 2.35. The largest absolute Gasteiger partial charge is 0.497 e. The number of rotatable bonds is 4. The highest BCUT2D eigenvalue weighted by Gasteiger charge is 2.31. The Labute approximate surface area is 152 Å². The predicted molar refractivity (Wildman–Crippen MR) is 97.9 cm³/mol. The molecule has 0 radical (unpaired) electrons. The Hall–Kier alpha value is -2.89. The molecule has 0 bridgehead atoms. The molecule has 1 aromatic carbocycles. The summed E-state index contributed by atoms with van der Waals surface area (Å²) in [5, 5.41) is 9.17. The normalized spacial score (nSPS) is 16.3. The van der Waals surface area contributed by atoms with E-state index in [1.165, 1.54) is 18.3 Å². The summed E-state index contributed by atoms with van der Waals surface area (Å²) in [5.41, 5.74) is 2.07. The van der Waals surface area contributed by atoms with Crippen LogP contribution in [0.3, 0.4) is 0 Å². The molecule has 26 heavy (non-hydrogen) atoms. The fraction of sp³-hybridized carbons (Fsp3) is 0.350. The topological polar surface area (TPSA) is 79.7 Å². The fourth-order valence-corrected chi connectivity index (χ4v) is 3.25. The molecule has 136 valence electrons. The highest BCUT2D eigenvalue weighted by atomic mass is 16.5. The molecule has 2 aromatic rings. The molecule has 0 aliphatic carbocycles. The predicted octanol–water partition coefficient (Wildman–Crippen LogP) is 3.26. The van der Waals surface area contributed by atoms with Crippen molar-refractivity contribution >= 4 is 17.6 Å². The molecular formula is C20H22N2O4. The summed E-state index contributed by atoms with van der Waals surface area (Å²) in [5.74, 6) is 0.103. The maximum atomic E-state index is 13.1. The third-order valence-electron chi connectivity index (χ3n) is 4.89. The number of pyridine rings is 1. The van der Waals surface area contributed by atoms with Crippen molar-refractivity contribution in [3.8, 4) is 5.75 Å². The average Bonchev–Trinajstić information content (AvgIpc) is 2.65. The Bertz CT molecular complexity index is 847. The molecule has 6 nitrogen and oxygen atoms in total. The Morgan fingerprint density at radius 2 is 2.04 bits per heavy atom. The number of hydrogen-bond donors (Lipinski definition) is 1. The van der Waals surface area contributed by atoms with E-state index in [-0.39, 0.29) is 17.2 Å². The van der Waals surface area contributed by atoms with Gasteiger partial charge in [0.05, 0.1) is 12.7 Å². The van der Waals surface area contributed by atoms with Gasteiger partial charge in [-0.2, -0.15) is 0 Å². The summed E-state index contributed by atoms with van der Waals surface area (Å²) < 4.78 is 5.32. The van der Waals surface area contributed by atoms with Crippen LogP contribution in [-0.4, -0.2) is 35.6 Å². The summed E-state index contributed by atoms with van der Waals surface area (Å²) in [4.78, 5) is 30.1. The van der Waals surface area contributed by atoms with Gasteiger partial charge >= 0.3 is 5.97 Å². The molecule has 1 amide bonds. The molecular weight excluding hydrogens is 332 g/mol. The summed E-state index contributed by atoms with van der Waals surface area (Å²) >= 11 is 0. The van der Waals surface area contributed by atoms with Crippen LogP contribution >= 0.6 is 0 Å². The highest BCUT2D eigenvalue weighted by molar-refractivity contribution is 6.06. The first-order chi connectivity index (χ1) is 12.4. The van der Waals surface area contributed by atoms with E-state index in [1.54, 1.807) is 12.0 Å². The molecule has 1 aliphatic heterocycles. The van der Waals surface area contributed by atoms with Gasteiger partial charge in [0.25, 0.3) is 5.91 Å². The lowest BCUT2D eigenvalue weighted by atomic mass is 9.84. The van der Waals surface area contributed by atoms with Gasteiger partial charge in [0, 0.05) is 18.4 Å². The first-order valence-corrected chi connectivity index (χ1v) is 8.58. The van der Waals surface area contributed by atoms with Crippen LogP contribution in [0.5, 0.6) is 5.75 Å². The maximum absolute atomic E-state index is 13.1. The van der Waals surface area contributed by atoms with Crippen molar-refractivity contribution in [1.29, 1.82) is 0 Å². The number of hydrogen-bond acceptors (Lipinski definition) is 4. The molecule has 1 aliphatic rings. The van der Waals surface area contributed by atoms with Gasteiger partial charge < -0.3 is 14.7 Å². The second-order valence-electron chi connectivity index (χ2n) is 6.85. The Kier molecular flexibility index (Phi) is 4.93. The number of anilines is 1. The van der Waals surface area contributed by atoms with Crippen LogP contribution in [0.2, 0.25) is 0 Å². The van der Waals surface area contributed by atoms with E-state index < -0.39 is 5.97 Å². The molecule has 1 N–H and O–H groups in total. The average molecular weight is 354 g/mol. The van der Waals surface area contributed by atoms with Gasteiger partial charge in [-0.05, 0) is 54.2 Å². The second kappa shape index (κ2) is 7.15. The van der Waals surface area contributed by atoms with E-state index in [4.69, 9.17) is 9.84 Å². The van der Waals surface area contributed by atoms with Crippen LogP contribution in [0.4, 0.5) is 5.69 Å². The van der Waals surface area contributed by atoms with Crippen LogP contribution in [-0.2, 0) is 6.42 Å². The number of carbonyl (C=O) groups is 2. The van der Waals surface area contributed by atoms with Crippen molar-refractivity contribution < 1.29 is 19.4 Å². The summed E-state index contributed by atoms with van der Waals surface area (Å²) in [6, 6.07) is 8.38. The summed E-state index contributed by atoms with van der Waals surface area (Å²) in [6.45, 7) is 4.86. The maximum Gasteiger partial charge on any atom is 0.335 e. The van der Waals surface area contributed by atoms with Gasteiger partial charge in [0.15, 0.2) is 0 Å². The first kappa shape index (κ1) is 17.9. The Morgan fingerprint density at radius 1 is 1.27 bits per heavy atom. The van der Waals surface area contributed by atoms with Gasteiger partial charge in [0.1, 0.15) is 11.4 Å². The lowest BCUT2D eigenvalue weighted by Crippen LogP contribution is -2.42. The van der Waals surface area contributed by atoms with Crippen molar-refractivity contribution in [2.24, 2.45) is 11.8 Å². The molecule has 0 saturated carbocycles. The number of methoxy groups -OCH3 is 1. The number of nitrogens with zero attached hydrogens (tertiary/aromatic N) is 2. The minimum Gasteiger partial charge on any atom is -0.497 e. The number of carbonyl (C=O) groups excluding carboxylic acids is 1. The van der Waals surface area contributed by atoms with Crippen molar-refractivity contribution in [3.05, 3.63) is 53.3 Å². The van der Waals surface area contributed by atoms with E-state index >= 15 is 0 Å². The van der Waals surface area contributed by atoms with E-state index in [9.17, 15) is 9.59 Å². The zero-order chi connectivity index (χ0) is 18.8. The lowest BCUT2D eigenvalue weighted by molar-refractivity contribution is 0.0696. The Morgan fingerprint density at radius 3 is 2.69 bits per heavy atom. The van der Waals surface area contributed by atoms with Crippen molar-refractivity contribution in [3.63, 3.8) is 0 Å². The van der Waals surface area contributed by atoms with Crippen molar-refractivity contribution in [2.45, 2.75) is 20.3 Å². The molecule has 1 unspecified atom stereocenters. The molecule has 0 spiro atoms. The van der Waals surface area contributed by atoms with Crippen LogP contribution in [0.25, 0.3) is 0 Å². The number of fused-ring (bicyclic) bond motifs is 1. The lowest BCUT2D eigenvalue weighted by Gasteiger charge is -2.36. The van der Waals surface area contributed by atoms with Gasteiger partial charge in [-0.3, -0.25) is 9.78 Å². The van der Waals surface area contributed by atoms with Gasteiger partial charge in [-0.25, -0.2) is 4.79 Å². The van der Waals surface area contributed by atoms with E-state index in [1.807, 2.05) is 18.2 Å². The van der Waals surface area contributed by atoms with Gasteiger partial charge in [-0.1, -0.05) is 13.8 Å². The Balaban J connectivity index is 2.01. The quantitative estimate of drug-likeness (QED) is 0.911. The first-order valence-electron chi connectivity index (χ1n) is 8.58. The van der Waals surface area contributed by atoms with Crippen molar-refractivity contribution in [2.75, 3.05) is 18.6 Å². The van der Waals surface area contributed by atoms with E-state index in [0.29, 0.717) is 18.4 Å². The van der Waals surface area contributed by atoms with Crippen LogP contribution in [0.15, 0.2) is 36.5 Å². The SMILES string of the molecule is COc1ccc2c(c1)CC(C(C)C)CN2C(=O)c1cc(C(=O)O)ccn1. The monoisotopic (exact) mass is 354 g/mol. The summed E-state index contributed by atoms with van der Waals surface area (Å²) in [6.07, 6.45) is 2.23. The number of carboxylic acids is 1. The zero-order valence-electron chi connectivity index (χ0n) is 15.1. The third kappa shape index (κ3) is 3.40. The number of benzene rings is 1. The van der Waals surface area contributed by atoms with Crippen molar-refractivity contribution in [1.82, 2.24) is 4.98 Å². The molecule has 0 saturated heterocycles. The number of amides is 1. The van der Waals surface area contributed by atoms with Crippen LogP contribution in [0.1, 0.15) is 40.3 Å². The summed E-state index contributed by atoms with van der Waals surface area (Å²) in [7, 11) is 1.62. The minimum absolute atomic E-state index is 0.0516. The van der Waals surface area contributed by atoms with Crippen LogP contribution in [0, 0.1) is 11.8 Å². The molecule has 1 aromatic heterocycles. The number of aromatic nitrogens is 1. The van der Waals surface area contributed by atoms with Crippen LogP contribution < -0.4 is 9.64 Å². The molecule has 1 atom stereocenters. The minimum atomic E-state index is -1.08. The second-order valence-corrected chi connectivity index (χ2v) is 6.85. The van der Waals surface area contributed by atoms with E-state index in [2.05, 4.69) is 18.8 Å². The molecule has 6 heteroatoms. The molecule has 3 rings (SSSR count). The standard InChI is InChI=1S/C20H22N2O4/c1-12(2)15-8-14-9-16(26-3)4-5-18(14)22(11-15)19(23)17-10-13(20(24)25)6-7-21-17/h4-7,9-10,12,15H,8,11H2,1-3H3,(H,24,25). The third-order valence-corrected chi connectivity index (χ3v) is 4.89. The van der Waals surface area contributed by atoms with Gasteiger partial charge in [-0.15, -0.1) is 0 Å². The van der Waals surface area contributed by atoms with Gasteiger partial charge in [0.2, 0.25) is 0 Å². The number of aromatic carboxylic acids is 1. The molecule has 2 heterocycles. The fourth-order valence-electron chi connectivity index (χ4n) is 3.25.